The standard InChI is InChI=1S/C20H22N4O3/c1-27-15-4-2-3-13(7-15)9-20(11-21-12-20)18(25)22-10-14-5-6-16-17(8-14)24-19(26)23-16/h2-8,21H,9-12H2,1H3,(H,22,25)(H2,23,24,26). The van der Waals surface area contributed by atoms with E-state index in [1.54, 1.807) is 7.11 Å². The molecule has 7 heteroatoms. The highest BCUT2D eigenvalue weighted by atomic mass is 16.5. The van der Waals surface area contributed by atoms with Gasteiger partial charge in [-0.1, -0.05) is 18.2 Å². The van der Waals surface area contributed by atoms with Gasteiger partial charge in [-0.3, -0.25) is 4.79 Å². The maximum absolute atomic E-state index is 12.9. The van der Waals surface area contributed by atoms with Crippen molar-refractivity contribution in [2.75, 3.05) is 20.2 Å². The summed E-state index contributed by atoms with van der Waals surface area (Å²) in [5.74, 6) is 0.830. The molecule has 2 heterocycles. The third kappa shape index (κ3) is 3.46. The number of hydrogen-bond acceptors (Lipinski definition) is 4. The van der Waals surface area contributed by atoms with E-state index in [4.69, 9.17) is 4.74 Å². The van der Waals surface area contributed by atoms with Gasteiger partial charge in [0.1, 0.15) is 5.75 Å². The fraction of sp³-hybridized carbons (Fsp3) is 0.300. The molecule has 1 saturated heterocycles. The minimum atomic E-state index is -0.446. The molecule has 0 atom stereocenters. The van der Waals surface area contributed by atoms with Gasteiger partial charge in [0.25, 0.3) is 0 Å². The number of carbonyl (C=O) groups excluding carboxylic acids is 1. The lowest BCUT2D eigenvalue weighted by molar-refractivity contribution is -0.134. The average Bonchev–Trinajstić information content (AvgIpc) is 3.02. The number of imidazole rings is 1. The Bertz CT molecular complexity index is 1030. The molecule has 2 aromatic carbocycles. The number of aromatic nitrogens is 2. The average molecular weight is 366 g/mol. The van der Waals surface area contributed by atoms with E-state index in [2.05, 4.69) is 20.6 Å². The number of fused-ring (bicyclic) bond motifs is 1. The molecule has 0 spiro atoms. The van der Waals surface area contributed by atoms with Crippen LogP contribution in [0.2, 0.25) is 0 Å². The monoisotopic (exact) mass is 366 g/mol. The van der Waals surface area contributed by atoms with E-state index in [-0.39, 0.29) is 11.6 Å². The van der Waals surface area contributed by atoms with Crippen LogP contribution in [0.4, 0.5) is 0 Å². The second-order valence-electron chi connectivity index (χ2n) is 7.05. The summed E-state index contributed by atoms with van der Waals surface area (Å²) >= 11 is 0. The van der Waals surface area contributed by atoms with Gasteiger partial charge in [-0.25, -0.2) is 4.79 Å². The number of H-pyrrole nitrogens is 2. The van der Waals surface area contributed by atoms with E-state index in [0.29, 0.717) is 26.1 Å². The molecule has 0 saturated carbocycles. The van der Waals surface area contributed by atoms with Crippen LogP contribution < -0.4 is 21.1 Å². The van der Waals surface area contributed by atoms with E-state index >= 15 is 0 Å². The van der Waals surface area contributed by atoms with Crippen LogP contribution >= 0.6 is 0 Å². The lowest BCUT2D eigenvalue weighted by atomic mass is 9.75. The van der Waals surface area contributed by atoms with Crippen molar-refractivity contribution in [2.45, 2.75) is 13.0 Å². The van der Waals surface area contributed by atoms with Crippen LogP contribution in [0.1, 0.15) is 11.1 Å². The minimum Gasteiger partial charge on any atom is -0.497 e. The van der Waals surface area contributed by atoms with Gasteiger partial charge in [0.2, 0.25) is 5.91 Å². The van der Waals surface area contributed by atoms with Crippen molar-refractivity contribution in [3.8, 4) is 5.75 Å². The Morgan fingerprint density at radius 3 is 2.67 bits per heavy atom. The zero-order valence-corrected chi connectivity index (χ0v) is 15.1. The molecule has 4 rings (SSSR count). The van der Waals surface area contributed by atoms with Gasteiger partial charge >= 0.3 is 5.69 Å². The fourth-order valence-electron chi connectivity index (χ4n) is 3.53. The third-order valence-electron chi connectivity index (χ3n) is 5.12. The zero-order valence-electron chi connectivity index (χ0n) is 15.1. The number of rotatable bonds is 6. The number of methoxy groups -OCH3 is 1. The lowest BCUT2D eigenvalue weighted by Gasteiger charge is -2.41. The van der Waals surface area contributed by atoms with Gasteiger partial charge in [-0.05, 0) is 41.8 Å². The van der Waals surface area contributed by atoms with Gasteiger partial charge in [0.05, 0.1) is 23.6 Å². The number of carbonyl (C=O) groups is 1. The SMILES string of the molecule is COc1cccc(CC2(C(=O)NCc3ccc4[nH]c(=O)[nH]c4c3)CNC2)c1. The number of benzene rings is 2. The minimum absolute atomic E-state index is 0.0340. The largest absolute Gasteiger partial charge is 0.497 e. The van der Waals surface area contributed by atoms with Gasteiger partial charge in [0.15, 0.2) is 0 Å². The molecule has 3 aromatic rings. The second kappa shape index (κ2) is 6.92. The van der Waals surface area contributed by atoms with Crippen LogP contribution in [0, 0.1) is 5.41 Å². The predicted molar refractivity (Wildman–Crippen MR) is 103 cm³/mol. The molecule has 1 fully saturated rings. The number of ether oxygens (including phenoxy) is 1. The molecule has 0 aliphatic carbocycles. The van der Waals surface area contributed by atoms with Crippen molar-refractivity contribution in [1.29, 1.82) is 0 Å². The first-order valence-electron chi connectivity index (χ1n) is 8.91. The summed E-state index contributed by atoms with van der Waals surface area (Å²) in [5, 5.41) is 6.27. The molecule has 0 unspecified atom stereocenters. The number of aromatic amines is 2. The Labute approximate surface area is 156 Å². The van der Waals surface area contributed by atoms with Crippen molar-refractivity contribution >= 4 is 16.9 Å². The van der Waals surface area contributed by atoms with Crippen LogP contribution in [0.5, 0.6) is 5.75 Å². The summed E-state index contributed by atoms with van der Waals surface area (Å²) in [6, 6.07) is 13.5. The highest BCUT2D eigenvalue weighted by Gasteiger charge is 2.44. The van der Waals surface area contributed by atoms with Gasteiger partial charge < -0.3 is 25.3 Å². The molecule has 0 bridgehead atoms. The van der Waals surface area contributed by atoms with Crippen LogP contribution in [0.15, 0.2) is 47.3 Å². The molecule has 1 aliphatic heterocycles. The third-order valence-corrected chi connectivity index (χ3v) is 5.12. The highest BCUT2D eigenvalue weighted by molar-refractivity contribution is 5.85. The molecule has 140 valence electrons. The Kier molecular flexibility index (Phi) is 4.45. The van der Waals surface area contributed by atoms with E-state index in [1.165, 1.54) is 0 Å². The van der Waals surface area contributed by atoms with E-state index in [1.807, 2.05) is 42.5 Å². The Balaban J connectivity index is 1.45. The molecule has 4 N–H and O–H groups in total. The number of nitrogens with one attached hydrogen (secondary N) is 4. The molecule has 1 amide bonds. The molecular weight excluding hydrogens is 344 g/mol. The van der Waals surface area contributed by atoms with Crippen LogP contribution in [0.3, 0.4) is 0 Å². The Hall–Kier alpha value is -3.06. The van der Waals surface area contributed by atoms with E-state index < -0.39 is 5.41 Å². The van der Waals surface area contributed by atoms with Crippen LogP contribution in [-0.4, -0.2) is 36.1 Å². The van der Waals surface area contributed by atoms with E-state index in [0.717, 1.165) is 27.9 Å². The number of amides is 1. The van der Waals surface area contributed by atoms with E-state index in [9.17, 15) is 9.59 Å². The van der Waals surface area contributed by atoms with Gasteiger partial charge in [0, 0.05) is 19.6 Å². The molecule has 27 heavy (non-hydrogen) atoms. The molecular formula is C20H22N4O3. The topological polar surface area (TPSA) is 99.0 Å². The summed E-state index contributed by atoms with van der Waals surface area (Å²) in [5.41, 5.74) is 2.84. The zero-order chi connectivity index (χ0) is 18.9. The summed E-state index contributed by atoms with van der Waals surface area (Å²) in [7, 11) is 1.64. The molecule has 1 aliphatic rings. The van der Waals surface area contributed by atoms with Crippen LogP contribution in [-0.2, 0) is 17.8 Å². The van der Waals surface area contributed by atoms with Crippen molar-refractivity contribution in [1.82, 2.24) is 20.6 Å². The Morgan fingerprint density at radius 1 is 1.11 bits per heavy atom. The summed E-state index contributed by atoms with van der Waals surface area (Å²) in [6.45, 7) is 1.72. The van der Waals surface area contributed by atoms with Gasteiger partial charge in [-0.15, -0.1) is 0 Å². The van der Waals surface area contributed by atoms with Crippen molar-refractivity contribution < 1.29 is 9.53 Å². The second-order valence-corrected chi connectivity index (χ2v) is 7.05. The normalized spacial score (nSPS) is 15.3. The molecule has 0 radical (unpaired) electrons. The van der Waals surface area contributed by atoms with Gasteiger partial charge in [-0.2, -0.15) is 0 Å². The highest BCUT2D eigenvalue weighted by Crippen LogP contribution is 2.29. The fourth-order valence-corrected chi connectivity index (χ4v) is 3.53. The summed E-state index contributed by atoms with van der Waals surface area (Å²) in [6.07, 6.45) is 0.660. The summed E-state index contributed by atoms with van der Waals surface area (Å²) < 4.78 is 5.28. The summed E-state index contributed by atoms with van der Waals surface area (Å²) in [4.78, 5) is 29.7. The van der Waals surface area contributed by atoms with Crippen molar-refractivity contribution in [2.24, 2.45) is 5.41 Å². The predicted octanol–water partition coefficient (Wildman–Crippen LogP) is 1.31. The first-order valence-corrected chi connectivity index (χ1v) is 8.91. The smallest absolute Gasteiger partial charge is 0.323 e. The maximum atomic E-state index is 12.9. The van der Waals surface area contributed by atoms with Crippen molar-refractivity contribution in [3.05, 3.63) is 64.1 Å². The molecule has 7 nitrogen and oxygen atoms in total. The number of hydrogen-bond donors (Lipinski definition) is 4. The first-order chi connectivity index (χ1) is 13.1. The van der Waals surface area contributed by atoms with Crippen molar-refractivity contribution in [3.63, 3.8) is 0 Å². The maximum Gasteiger partial charge on any atom is 0.323 e. The Morgan fingerprint density at radius 2 is 1.93 bits per heavy atom. The first kappa shape index (κ1) is 17.4. The van der Waals surface area contributed by atoms with Crippen LogP contribution in [0.25, 0.3) is 11.0 Å². The lowest BCUT2D eigenvalue weighted by Crippen LogP contribution is -2.62. The quantitative estimate of drug-likeness (QED) is 0.529. The molecule has 1 aromatic heterocycles.